The van der Waals surface area contributed by atoms with E-state index in [-0.39, 0.29) is 5.91 Å². The lowest BCUT2D eigenvalue weighted by Crippen LogP contribution is -2.39. The largest absolute Gasteiger partial charge is 0.353 e. The Hall–Kier alpha value is -0.960. The summed E-state index contributed by atoms with van der Waals surface area (Å²) in [4.78, 5) is 13.0. The molecule has 2 rings (SSSR count). The van der Waals surface area contributed by atoms with Gasteiger partial charge in [-0.25, -0.2) is 0 Å². The molecule has 0 radical (unpaired) electrons. The van der Waals surface area contributed by atoms with Crippen LogP contribution >= 0.6 is 12.6 Å². The molecule has 0 heterocycles. The lowest BCUT2D eigenvalue weighted by Gasteiger charge is -2.22. The molecule has 1 aliphatic carbocycles. The predicted molar refractivity (Wildman–Crippen MR) is 81.6 cm³/mol. The third kappa shape index (κ3) is 4.57. The van der Waals surface area contributed by atoms with Crippen molar-refractivity contribution in [3.63, 3.8) is 0 Å². The summed E-state index contributed by atoms with van der Waals surface area (Å²) >= 11 is 4.25. The molecule has 1 aromatic carbocycles. The molecule has 2 nitrogen and oxygen atoms in total. The van der Waals surface area contributed by atoms with Gasteiger partial charge in [0.05, 0.1) is 6.42 Å². The van der Waals surface area contributed by atoms with E-state index in [1.165, 1.54) is 25.7 Å². The molecule has 1 amide bonds. The zero-order valence-corrected chi connectivity index (χ0v) is 12.5. The van der Waals surface area contributed by atoms with E-state index < -0.39 is 0 Å². The predicted octanol–water partition coefficient (Wildman–Crippen LogP) is 3.60. The van der Waals surface area contributed by atoms with E-state index >= 15 is 0 Å². The molecule has 0 aromatic heterocycles. The number of carbonyl (C=O) groups excluding carboxylic acids is 1. The number of nitrogens with one attached hydrogen (secondary N) is 1. The van der Waals surface area contributed by atoms with Crippen molar-refractivity contribution in [2.24, 2.45) is 5.92 Å². The number of rotatable bonds is 3. The Balaban J connectivity index is 1.87. The third-order valence-electron chi connectivity index (χ3n) is 4.01. The fraction of sp³-hybridized carbons (Fsp3) is 0.562. The van der Waals surface area contributed by atoms with Crippen molar-refractivity contribution in [1.29, 1.82) is 0 Å². The van der Waals surface area contributed by atoms with Crippen LogP contribution in [0, 0.1) is 5.92 Å². The first-order valence-corrected chi connectivity index (χ1v) is 7.67. The van der Waals surface area contributed by atoms with Crippen molar-refractivity contribution in [1.82, 2.24) is 5.32 Å². The van der Waals surface area contributed by atoms with E-state index in [0.29, 0.717) is 18.4 Å². The maximum absolute atomic E-state index is 12.1. The first-order chi connectivity index (χ1) is 9.15. The zero-order valence-electron chi connectivity index (χ0n) is 11.6. The molecule has 0 aliphatic heterocycles. The second-order valence-electron chi connectivity index (χ2n) is 5.63. The average molecular weight is 277 g/mol. The van der Waals surface area contributed by atoms with Crippen LogP contribution in [-0.2, 0) is 11.2 Å². The first kappa shape index (κ1) is 14.4. The summed E-state index contributed by atoms with van der Waals surface area (Å²) in [6, 6.07) is 8.16. The number of carbonyl (C=O) groups is 1. The smallest absolute Gasteiger partial charge is 0.224 e. The molecule has 1 saturated carbocycles. The van der Waals surface area contributed by atoms with Crippen LogP contribution in [0.1, 0.15) is 44.6 Å². The van der Waals surface area contributed by atoms with Crippen LogP contribution in [-0.4, -0.2) is 11.9 Å². The topological polar surface area (TPSA) is 29.1 Å². The SMILES string of the molecule is CC1CCCCCC1NC(=O)Cc1ccc(S)cc1. The Morgan fingerprint density at radius 3 is 2.63 bits per heavy atom. The van der Waals surface area contributed by atoms with Crippen molar-refractivity contribution in [3.05, 3.63) is 29.8 Å². The lowest BCUT2D eigenvalue weighted by atomic mass is 9.96. The molecule has 104 valence electrons. The molecule has 0 saturated heterocycles. The Morgan fingerprint density at radius 1 is 1.21 bits per heavy atom. The quantitative estimate of drug-likeness (QED) is 0.641. The molecular formula is C16H23NOS. The standard InChI is InChI=1S/C16H23NOS/c1-12-5-3-2-4-6-15(12)17-16(18)11-13-7-9-14(19)10-8-13/h7-10,12,15,19H,2-6,11H2,1H3,(H,17,18). The van der Waals surface area contributed by atoms with E-state index in [1.54, 1.807) is 0 Å². The summed E-state index contributed by atoms with van der Waals surface area (Å²) in [5, 5.41) is 3.21. The molecule has 1 N–H and O–H groups in total. The summed E-state index contributed by atoms with van der Waals surface area (Å²) in [6.07, 6.45) is 6.68. The fourth-order valence-corrected chi connectivity index (χ4v) is 2.91. The zero-order chi connectivity index (χ0) is 13.7. The van der Waals surface area contributed by atoms with Crippen molar-refractivity contribution in [2.45, 2.75) is 56.4 Å². The van der Waals surface area contributed by atoms with Gasteiger partial charge in [0.2, 0.25) is 5.91 Å². The number of hydrogen-bond acceptors (Lipinski definition) is 2. The van der Waals surface area contributed by atoms with Crippen LogP contribution in [0.2, 0.25) is 0 Å². The van der Waals surface area contributed by atoms with Gasteiger partial charge in [0.25, 0.3) is 0 Å². The Morgan fingerprint density at radius 2 is 1.89 bits per heavy atom. The molecule has 1 aliphatic rings. The maximum Gasteiger partial charge on any atom is 0.224 e. The van der Waals surface area contributed by atoms with Gasteiger partial charge >= 0.3 is 0 Å². The van der Waals surface area contributed by atoms with Gasteiger partial charge < -0.3 is 5.32 Å². The van der Waals surface area contributed by atoms with Crippen molar-refractivity contribution in [2.75, 3.05) is 0 Å². The first-order valence-electron chi connectivity index (χ1n) is 7.22. The highest BCUT2D eigenvalue weighted by Gasteiger charge is 2.21. The van der Waals surface area contributed by atoms with Crippen molar-refractivity contribution >= 4 is 18.5 Å². The van der Waals surface area contributed by atoms with Gasteiger partial charge in [0, 0.05) is 10.9 Å². The van der Waals surface area contributed by atoms with Crippen LogP contribution in [0.3, 0.4) is 0 Å². The minimum absolute atomic E-state index is 0.144. The monoisotopic (exact) mass is 277 g/mol. The number of thiol groups is 1. The van der Waals surface area contributed by atoms with E-state index in [1.807, 2.05) is 24.3 Å². The van der Waals surface area contributed by atoms with E-state index in [0.717, 1.165) is 16.9 Å². The van der Waals surface area contributed by atoms with Gasteiger partial charge in [-0.15, -0.1) is 12.6 Å². The maximum atomic E-state index is 12.1. The summed E-state index contributed by atoms with van der Waals surface area (Å²) in [5.41, 5.74) is 1.05. The van der Waals surface area contributed by atoms with Crippen LogP contribution in [0.5, 0.6) is 0 Å². The summed E-state index contributed by atoms with van der Waals surface area (Å²) in [6.45, 7) is 2.26. The van der Waals surface area contributed by atoms with Gasteiger partial charge in [-0.05, 0) is 36.5 Å². The lowest BCUT2D eigenvalue weighted by molar-refractivity contribution is -0.121. The Kier molecular flexibility index (Phi) is 5.32. The molecule has 0 spiro atoms. The molecule has 3 heteroatoms. The summed E-state index contributed by atoms with van der Waals surface area (Å²) in [5.74, 6) is 0.747. The van der Waals surface area contributed by atoms with E-state index in [4.69, 9.17) is 0 Å². The minimum Gasteiger partial charge on any atom is -0.353 e. The molecular weight excluding hydrogens is 254 g/mol. The van der Waals surface area contributed by atoms with E-state index in [9.17, 15) is 4.79 Å². The second-order valence-corrected chi connectivity index (χ2v) is 6.15. The van der Waals surface area contributed by atoms with Gasteiger partial charge in [-0.2, -0.15) is 0 Å². The van der Waals surface area contributed by atoms with Gasteiger partial charge in [-0.3, -0.25) is 4.79 Å². The normalized spacial score (nSPS) is 23.7. The average Bonchev–Trinajstić information content (AvgIpc) is 2.58. The van der Waals surface area contributed by atoms with Crippen molar-refractivity contribution < 1.29 is 4.79 Å². The van der Waals surface area contributed by atoms with E-state index in [2.05, 4.69) is 24.9 Å². The molecule has 1 aromatic rings. The van der Waals surface area contributed by atoms with Gasteiger partial charge in [0.15, 0.2) is 0 Å². The third-order valence-corrected chi connectivity index (χ3v) is 4.31. The molecule has 2 unspecified atom stereocenters. The Labute approximate surface area is 121 Å². The van der Waals surface area contributed by atoms with Crippen LogP contribution in [0.25, 0.3) is 0 Å². The van der Waals surface area contributed by atoms with Gasteiger partial charge in [-0.1, -0.05) is 38.3 Å². The van der Waals surface area contributed by atoms with Crippen LogP contribution in [0.15, 0.2) is 29.2 Å². The molecule has 0 bridgehead atoms. The molecule has 1 fully saturated rings. The highest BCUT2D eigenvalue weighted by Crippen LogP contribution is 2.23. The van der Waals surface area contributed by atoms with Gasteiger partial charge in [0.1, 0.15) is 0 Å². The number of hydrogen-bond donors (Lipinski definition) is 2. The highest BCUT2D eigenvalue weighted by molar-refractivity contribution is 7.80. The highest BCUT2D eigenvalue weighted by atomic mass is 32.1. The van der Waals surface area contributed by atoms with Crippen molar-refractivity contribution in [3.8, 4) is 0 Å². The molecule has 19 heavy (non-hydrogen) atoms. The van der Waals surface area contributed by atoms with Crippen LogP contribution in [0.4, 0.5) is 0 Å². The fourth-order valence-electron chi connectivity index (χ4n) is 2.76. The summed E-state index contributed by atoms with van der Waals surface area (Å²) < 4.78 is 0. The number of benzene rings is 1. The molecule has 2 atom stereocenters. The minimum atomic E-state index is 0.144. The second kappa shape index (κ2) is 6.99. The Bertz CT molecular complexity index is 415. The summed E-state index contributed by atoms with van der Waals surface area (Å²) in [7, 11) is 0. The number of amides is 1. The van der Waals surface area contributed by atoms with Crippen LogP contribution < -0.4 is 5.32 Å².